The summed E-state index contributed by atoms with van der Waals surface area (Å²) in [7, 11) is -5.00. The molecule has 3 aromatic heterocycles. The zero-order chi connectivity index (χ0) is 40.7. The molecule has 2 aliphatic rings. The van der Waals surface area contributed by atoms with Crippen LogP contribution in [-0.2, 0) is 49.8 Å². The zero-order valence-corrected chi connectivity index (χ0v) is 33.3. The molecule has 0 aromatic carbocycles. The van der Waals surface area contributed by atoms with Crippen LogP contribution in [0.25, 0.3) is 5.65 Å². The topological polar surface area (TPSA) is 244 Å². The number of hydroxylamine groups is 2. The number of amides is 2. The minimum Gasteiger partial charge on any atom is -0.487 e. The van der Waals surface area contributed by atoms with E-state index >= 15 is 0 Å². The summed E-state index contributed by atoms with van der Waals surface area (Å²) in [6, 6.07) is 3.40. The van der Waals surface area contributed by atoms with Crippen LogP contribution in [0.15, 0.2) is 35.1 Å². The summed E-state index contributed by atoms with van der Waals surface area (Å²) in [5.74, 6) is -2.96. The number of pyridine rings is 1. The normalized spacial score (nSPS) is 18.4. The summed E-state index contributed by atoms with van der Waals surface area (Å²) < 4.78 is 54.6. The molecule has 2 saturated heterocycles. The van der Waals surface area contributed by atoms with Crippen LogP contribution in [0, 0.1) is 11.8 Å². The van der Waals surface area contributed by atoms with Crippen molar-refractivity contribution in [1.29, 1.82) is 0 Å². The van der Waals surface area contributed by atoms with E-state index in [1.54, 1.807) is 48.4 Å². The van der Waals surface area contributed by atoms with Crippen LogP contribution in [0.3, 0.4) is 0 Å². The Morgan fingerprint density at radius 2 is 1.75 bits per heavy atom. The van der Waals surface area contributed by atoms with Crippen molar-refractivity contribution in [3.8, 4) is 5.75 Å². The predicted molar refractivity (Wildman–Crippen MR) is 196 cm³/mol. The molecule has 55 heavy (non-hydrogen) atoms. The number of esters is 1. The van der Waals surface area contributed by atoms with Gasteiger partial charge in [-0.3, -0.25) is 14.1 Å². The smallest absolute Gasteiger partial charge is 0.418 e. The second-order valence-electron chi connectivity index (χ2n) is 15.7. The van der Waals surface area contributed by atoms with Crippen LogP contribution in [0.2, 0.25) is 0 Å². The molecular formula is C34H45N7O12S2. The number of β-lactam (4-membered cyclic amide) rings is 1. The van der Waals surface area contributed by atoms with Gasteiger partial charge >= 0.3 is 22.5 Å². The maximum Gasteiger partial charge on any atom is 0.418 e. The Morgan fingerprint density at radius 1 is 1.07 bits per heavy atom. The molecule has 2 atom stereocenters. The average molecular weight is 808 g/mol. The predicted octanol–water partition coefficient (Wildman–Crippen LogP) is 3.22. The number of anilines is 1. The van der Waals surface area contributed by atoms with Gasteiger partial charge in [0.25, 0.3) is 12.0 Å². The third-order valence-electron chi connectivity index (χ3n) is 8.38. The van der Waals surface area contributed by atoms with Crippen LogP contribution < -0.4 is 10.5 Å². The quantitative estimate of drug-likeness (QED) is 0.0781. The van der Waals surface area contributed by atoms with Gasteiger partial charge in [-0.25, -0.2) is 19.6 Å². The molecule has 0 aliphatic carbocycles. The molecule has 0 radical (unpaired) electrons. The number of fused-ring (bicyclic) bond motifs is 1. The maximum atomic E-state index is 13.6. The van der Waals surface area contributed by atoms with E-state index in [4.69, 9.17) is 29.3 Å². The SMILES string of the molecule is CC(C)(C)OC(=O)C(COc1ccc2nc(CC3CN(C(=O)OC(C)(C)C)C3)cn2c1)O/N=C(\C(=O)C[C@@H]1C(=O)N(OS(=O)(=O)O)C1(C)C)c1csc(N)n1. The molecule has 19 nitrogen and oxygen atoms in total. The number of nitrogens with two attached hydrogens (primary N) is 1. The third kappa shape index (κ3) is 10.5. The van der Waals surface area contributed by atoms with E-state index in [9.17, 15) is 27.6 Å². The van der Waals surface area contributed by atoms with E-state index in [0.29, 0.717) is 36.0 Å². The van der Waals surface area contributed by atoms with Crippen molar-refractivity contribution in [2.45, 2.75) is 91.1 Å². The first-order chi connectivity index (χ1) is 25.4. The van der Waals surface area contributed by atoms with Gasteiger partial charge in [0.2, 0.25) is 0 Å². The molecule has 2 fully saturated rings. The van der Waals surface area contributed by atoms with Crippen molar-refractivity contribution in [3.05, 3.63) is 41.3 Å². The number of hydrogen-bond donors (Lipinski definition) is 2. The van der Waals surface area contributed by atoms with Gasteiger partial charge in [0.15, 0.2) is 16.6 Å². The molecular weight excluding hydrogens is 763 g/mol. The van der Waals surface area contributed by atoms with Crippen molar-refractivity contribution < 1.29 is 55.5 Å². The molecule has 5 rings (SSSR count). The number of imidazole rings is 1. The summed E-state index contributed by atoms with van der Waals surface area (Å²) in [6.45, 7) is 14.1. The third-order valence-corrected chi connectivity index (χ3v) is 9.40. The second-order valence-corrected chi connectivity index (χ2v) is 17.6. The Morgan fingerprint density at radius 3 is 2.33 bits per heavy atom. The number of hydrogen-bond acceptors (Lipinski definition) is 16. The van der Waals surface area contributed by atoms with Gasteiger partial charge in [-0.15, -0.1) is 15.6 Å². The molecule has 3 N–H and O–H groups in total. The van der Waals surface area contributed by atoms with Crippen molar-refractivity contribution in [3.63, 3.8) is 0 Å². The Bertz CT molecular complexity index is 2090. The number of carbonyl (C=O) groups excluding carboxylic acids is 4. The van der Waals surface area contributed by atoms with Crippen LogP contribution >= 0.6 is 11.3 Å². The van der Waals surface area contributed by atoms with Crippen molar-refractivity contribution in [1.82, 2.24) is 24.3 Å². The minimum absolute atomic E-state index is 0.00721. The molecule has 2 amide bonds. The first-order valence-corrected chi connectivity index (χ1v) is 19.4. The number of thiazole rings is 1. The minimum atomic E-state index is -5.00. The lowest BCUT2D eigenvalue weighted by molar-refractivity contribution is -0.228. The molecule has 0 spiro atoms. The highest BCUT2D eigenvalue weighted by Crippen LogP contribution is 2.40. The largest absolute Gasteiger partial charge is 0.487 e. The van der Waals surface area contributed by atoms with Crippen LogP contribution in [0.4, 0.5) is 9.93 Å². The molecule has 300 valence electrons. The Balaban J connectivity index is 1.28. The van der Waals surface area contributed by atoms with Gasteiger partial charge < -0.3 is 34.1 Å². The molecule has 0 saturated carbocycles. The molecule has 21 heteroatoms. The summed E-state index contributed by atoms with van der Waals surface area (Å²) in [4.78, 5) is 68.1. The number of ketones is 1. The van der Waals surface area contributed by atoms with Gasteiger partial charge in [-0.1, -0.05) is 5.16 Å². The number of ether oxygens (including phenoxy) is 3. The number of Topliss-reactive ketones (excluding diaryl/α,β-unsaturated/α-hetero) is 1. The first kappa shape index (κ1) is 41.3. The second kappa shape index (κ2) is 15.3. The Hall–Kier alpha value is -4.86. The highest BCUT2D eigenvalue weighted by molar-refractivity contribution is 7.80. The van der Waals surface area contributed by atoms with E-state index < -0.39 is 69.8 Å². The van der Waals surface area contributed by atoms with E-state index in [-0.39, 0.29) is 28.5 Å². The summed E-state index contributed by atoms with van der Waals surface area (Å²) >= 11 is 1.01. The van der Waals surface area contributed by atoms with E-state index in [2.05, 4.69) is 19.4 Å². The summed E-state index contributed by atoms with van der Waals surface area (Å²) in [5.41, 5.74) is 4.12. The van der Waals surface area contributed by atoms with E-state index in [0.717, 1.165) is 17.0 Å². The van der Waals surface area contributed by atoms with Crippen molar-refractivity contribution in [2.24, 2.45) is 17.0 Å². The highest BCUT2D eigenvalue weighted by Gasteiger charge is 2.57. The maximum absolute atomic E-state index is 13.6. The number of aromatic nitrogens is 3. The van der Waals surface area contributed by atoms with Crippen molar-refractivity contribution >= 4 is 62.0 Å². The Kier molecular flexibility index (Phi) is 11.5. The van der Waals surface area contributed by atoms with Gasteiger partial charge in [0.05, 0.1) is 23.3 Å². The highest BCUT2D eigenvalue weighted by atomic mass is 32.3. The van der Waals surface area contributed by atoms with Gasteiger partial charge in [-0.05, 0) is 79.9 Å². The van der Waals surface area contributed by atoms with Gasteiger partial charge in [-0.2, -0.15) is 13.5 Å². The number of carbonyl (C=O) groups is 4. The first-order valence-electron chi connectivity index (χ1n) is 17.2. The fraction of sp³-hybridized carbons (Fsp3) is 0.559. The molecule has 1 unspecified atom stereocenters. The summed E-state index contributed by atoms with van der Waals surface area (Å²) in [6.07, 6.45) is 1.86. The monoisotopic (exact) mass is 807 g/mol. The zero-order valence-electron chi connectivity index (χ0n) is 31.7. The van der Waals surface area contributed by atoms with Gasteiger partial charge in [0.1, 0.15) is 34.9 Å². The van der Waals surface area contributed by atoms with Crippen LogP contribution in [0.5, 0.6) is 5.75 Å². The average Bonchev–Trinajstić information content (AvgIpc) is 3.64. The molecule has 5 heterocycles. The molecule has 3 aromatic rings. The summed E-state index contributed by atoms with van der Waals surface area (Å²) in [5, 5.41) is 5.99. The lowest BCUT2D eigenvalue weighted by Gasteiger charge is -2.50. The number of nitrogens with zero attached hydrogens (tertiary/aromatic N) is 6. The number of rotatable bonds is 14. The van der Waals surface area contributed by atoms with Crippen LogP contribution in [0.1, 0.15) is 73.2 Å². The molecule has 2 aliphatic heterocycles. The number of nitrogen functional groups attached to an aromatic ring is 1. The van der Waals surface area contributed by atoms with E-state index in [1.165, 1.54) is 19.2 Å². The van der Waals surface area contributed by atoms with Crippen LogP contribution in [-0.4, -0.2) is 109 Å². The Labute approximate surface area is 321 Å². The lowest BCUT2D eigenvalue weighted by Crippen LogP contribution is -2.68. The van der Waals surface area contributed by atoms with Crippen molar-refractivity contribution in [2.75, 3.05) is 25.4 Å². The fourth-order valence-corrected chi connectivity index (χ4v) is 6.76. The lowest BCUT2D eigenvalue weighted by atomic mass is 9.74. The number of oxime groups is 1. The van der Waals surface area contributed by atoms with Gasteiger partial charge in [0, 0.05) is 31.1 Å². The molecule has 0 bridgehead atoms. The fourth-order valence-electron chi connectivity index (χ4n) is 5.76. The standard InChI is InChI=1S/C34H45N7O12S2/c1-32(2,3)50-29(44)25(17-49-21-9-10-26-36-20(15-39(26)16-21)11-19-13-40(14-19)31(45)51-33(4,5)6)52-38-27(23-18-54-30(35)37-23)24(42)12-22-28(43)41(34(22,7)8)53-55(46,47)48/h9-10,15-16,18-19,22,25H,11-14,17H2,1-8H3,(H2,35,37)(H,46,47,48)/b38-27-/t22-,25?/m1/s1. The van der Waals surface area contributed by atoms with E-state index in [1.807, 2.05) is 27.0 Å². The number of likely N-dealkylation sites (tertiary alicyclic amines) is 1.